The van der Waals surface area contributed by atoms with Gasteiger partial charge in [0.2, 0.25) is 5.91 Å². The van der Waals surface area contributed by atoms with Crippen LogP contribution in [0.2, 0.25) is 0 Å². The second-order valence-corrected chi connectivity index (χ2v) is 9.49. The Kier molecular flexibility index (Phi) is 5.02. The summed E-state index contributed by atoms with van der Waals surface area (Å²) in [6, 6.07) is 0. The van der Waals surface area contributed by atoms with E-state index in [4.69, 9.17) is 9.31 Å². The Hall–Kier alpha value is -0.585. The van der Waals surface area contributed by atoms with E-state index in [0.717, 1.165) is 12.8 Å². The Labute approximate surface area is 152 Å². The molecule has 6 atom stereocenters. The highest BCUT2D eigenvalue weighted by Gasteiger charge is 2.68. The number of hydrogen-bond donors (Lipinski definition) is 2. The highest BCUT2D eigenvalue weighted by Crippen LogP contribution is 2.65. The van der Waals surface area contributed by atoms with Gasteiger partial charge in [-0.3, -0.25) is 4.79 Å². The summed E-state index contributed by atoms with van der Waals surface area (Å²) < 4.78 is 12.8. The van der Waals surface area contributed by atoms with Gasteiger partial charge in [-0.15, -0.1) is 0 Å². The number of nitrogens with one attached hydrogen (secondary N) is 1. The Morgan fingerprint density at radius 2 is 2.00 bits per heavy atom. The van der Waals surface area contributed by atoms with E-state index in [9.17, 15) is 9.90 Å². The largest absolute Gasteiger partial charge is 0.481 e. The molecule has 0 spiro atoms. The predicted octanol–water partition coefficient (Wildman–Crippen LogP) is 2.37. The SMILES string of the molecule is CC(O)[CH]C(=O)N[C@@H](CC(C)C)B1O[C@@H]2C[C@@H]3C[C@@H](C3(C)C)[C@]2(C)O1. The summed E-state index contributed by atoms with van der Waals surface area (Å²) in [7, 11) is -0.418. The van der Waals surface area contributed by atoms with Gasteiger partial charge >= 0.3 is 7.12 Å². The van der Waals surface area contributed by atoms with Crippen LogP contribution in [0.3, 0.4) is 0 Å². The fourth-order valence-electron chi connectivity index (χ4n) is 5.27. The van der Waals surface area contributed by atoms with Gasteiger partial charge in [0.15, 0.2) is 0 Å². The van der Waals surface area contributed by atoms with Gasteiger partial charge in [-0.2, -0.15) is 0 Å². The van der Waals surface area contributed by atoms with Crippen LogP contribution >= 0.6 is 0 Å². The van der Waals surface area contributed by atoms with Gasteiger partial charge < -0.3 is 19.7 Å². The molecule has 1 radical (unpaired) electrons. The van der Waals surface area contributed by atoms with Crippen molar-refractivity contribution in [1.29, 1.82) is 0 Å². The molecule has 1 saturated heterocycles. The van der Waals surface area contributed by atoms with Crippen molar-refractivity contribution in [3.63, 3.8) is 0 Å². The first kappa shape index (κ1) is 19.2. The van der Waals surface area contributed by atoms with Gasteiger partial charge in [-0.1, -0.05) is 27.7 Å². The van der Waals surface area contributed by atoms with Gasteiger partial charge in [-0.05, 0) is 56.3 Å². The van der Waals surface area contributed by atoms with Gasteiger partial charge in [-0.25, -0.2) is 0 Å². The molecule has 1 amide bonds. The quantitative estimate of drug-likeness (QED) is 0.722. The molecule has 2 bridgehead atoms. The van der Waals surface area contributed by atoms with Crippen LogP contribution in [0.15, 0.2) is 0 Å². The van der Waals surface area contributed by atoms with Crippen molar-refractivity contribution in [1.82, 2.24) is 5.32 Å². The van der Waals surface area contributed by atoms with Crippen LogP contribution in [-0.2, 0) is 14.1 Å². The van der Waals surface area contributed by atoms with Crippen LogP contribution in [0.25, 0.3) is 0 Å². The van der Waals surface area contributed by atoms with Gasteiger partial charge in [0.05, 0.1) is 30.2 Å². The summed E-state index contributed by atoms with van der Waals surface area (Å²) in [5.74, 6) is 1.15. The lowest BCUT2D eigenvalue weighted by Crippen LogP contribution is -2.65. The van der Waals surface area contributed by atoms with Gasteiger partial charge in [0.1, 0.15) is 0 Å². The van der Waals surface area contributed by atoms with Crippen molar-refractivity contribution < 1.29 is 19.2 Å². The number of carbonyl (C=O) groups excluding carboxylic acids is 1. The Morgan fingerprint density at radius 1 is 1.32 bits per heavy atom. The molecule has 3 aliphatic carbocycles. The van der Waals surface area contributed by atoms with Crippen LogP contribution < -0.4 is 5.32 Å². The first-order valence-electron chi connectivity index (χ1n) is 9.70. The summed E-state index contributed by atoms with van der Waals surface area (Å²) in [6.07, 6.45) is 3.67. The highest BCUT2D eigenvalue weighted by atomic mass is 16.7. The van der Waals surface area contributed by atoms with Crippen LogP contribution in [0, 0.1) is 29.6 Å². The zero-order chi connectivity index (χ0) is 18.6. The Balaban J connectivity index is 1.71. The van der Waals surface area contributed by atoms with Crippen LogP contribution in [0.5, 0.6) is 0 Å². The summed E-state index contributed by atoms with van der Waals surface area (Å²) in [4.78, 5) is 12.1. The van der Waals surface area contributed by atoms with Crippen molar-refractivity contribution >= 4 is 13.0 Å². The maximum absolute atomic E-state index is 12.1. The van der Waals surface area contributed by atoms with E-state index in [1.54, 1.807) is 6.92 Å². The minimum atomic E-state index is -0.766. The zero-order valence-electron chi connectivity index (χ0n) is 16.4. The van der Waals surface area contributed by atoms with Gasteiger partial charge in [0.25, 0.3) is 0 Å². The third-order valence-corrected chi connectivity index (χ3v) is 6.74. The lowest BCUT2D eigenvalue weighted by Gasteiger charge is -2.64. The summed E-state index contributed by atoms with van der Waals surface area (Å²) in [5, 5.41) is 12.4. The topological polar surface area (TPSA) is 67.8 Å². The maximum atomic E-state index is 12.1. The Morgan fingerprint density at radius 3 is 2.56 bits per heavy atom. The Bertz CT molecular complexity index is 524. The fraction of sp³-hybridized carbons (Fsp3) is 0.895. The van der Waals surface area contributed by atoms with E-state index < -0.39 is 13.2 Å². The van der Waals surface area contributed by atoms with Crippen LogP contribution in [0.4, 0.5) is 0 Å². The summed E-state index contributed by atoms with van der Waals surface area (Å²) in [5.41, 5.74) is 0.0389. The first-order valence-corrected chi connectivity index (χ1v) is 9.70. The van der Waals surface area contributed by atoms with Crippen molar-refractivity contribution in [2.75, 3.05) is 0 Å². The zero-order valence-corrected chi connectivity index (χ0v) is 16.4. The average Bonchev–Trinajstić information content (AvgIpc) is 2.81. The molecule has 141 valence electrons. The normalized spacial score (nSPS) is 38.1. The second-order valence-electron chi connectivity index (χ2n) is 9.49. The van der Waals surface area contributed by atoms with Crippen molar-refractivity contribution in [2.45, 2.75) is 84.6 Å². The lowest BCUT2D eigenvalue weighted by atomic mass is 9.43. The molecule has 1 heterocycles. The maximum Gasteiger partial charge on any atom is 0.481 e. The lowest BCUT2D eigenvalue weighted by molar-refractivity contribution is -0.199. The minimum absolute atomic E-state index is 0.113. The molecule has 2 N–H and O–H groups in total. The number of aliphatic hydroxyl groups excluding tert-OH is 1. The van der Waals surface area contributed by atoms with Crippen LogP contribution in [0.1, 0.15) is 60.8 Å². The molecule has 1 unspecified atom stereocenters. The molecule has 3 saturated carbocycles. The molecule has 0 aromatic rings. The third kappa shape index (κ3) is 3.37. The van der Waals surface area contributed by atoms with Crippen LogP contribution in [-0.4, -0.2) is 41.9 Å². The van der Waals surface area contributed by atoms with E-state index in [1.165, 1.54) is 12.8 Å². The molecule has 0 aromatic carbocycles. The predicted molar refractivity (Wildman–Crippen MR) is 97.5 cm³/mol. The standard InChI is InChI=1S/C19H33BNO4/c1-11(2)7-16(21-17(23)8-12(3)22)20-24-15-10-13-9-14(18(13,4)5)19(15,6)25-20/h8,11-16,22H,7,9-10H2,1-6H3,(H,21,23)/t12?,13-,14-,15+,16-,19-/m0/s1. The fourth-order valence-corrected chi connectivity index (χ4v) is 5.27. The van der Waals surface area contributed by atoms with Crippen molar-refractivity contribution in [3.8, 4) is 0 Å². The number of rotatable bonds is 6. The molecular weight excluding hydrogens is 317 g/mol. The molecule has 4 fully saturated rings. The van der Waals surface area contributed by atoms with E-state index >= 15 is 0 Å². The molecule has 5 nitrogen and oxygen atoms in total. The first-order chi connectivity index (χ1) is 11.5. The summed E-state index contributed by atoms with van der Waals surface area (Å²) in [6.45, 7) is 12.7. The number of carbonyl (C=O) groups is 1. The van der Waals surface area contributed by atoms with E-state index in [2.05, 4.69) is 39.9 Å². The number of amides is 1. The molecule has 4 aliphatic rings. The van der Waals surface area contributed by atoms with Crippen molar-refractivity contribution in [2.24, 2.45) is 23.2 Å². The average molecular weight is 350 g/mol. The van der Waals surface area contributed by atoms with Gasteiger partial charge in [0, 0.05) is 0 Å². The molecular formula is C19H33BNO4. The molecule has 0 aromatic heterocycles. The molecule has 6 heteroatoms. The van der Waals surface area contributed by atoms with E-state index in [0.29, 0.717) is 23.2 Å². The molecule has 1 aliphatic heterocycles. The molecule has 25 heavy (non-hydrogen) atoms. The second kappa shape index (κ2) is 6.54. The monoisotopic (exact) mass is 350 g/mol. The minimum Gasteiger partial charge on any atom is -0.404 e. The third-order valence-electron chi connectivity index (χ3n) is 6.74. The summed E-state index contributed by atoms with van der Waals surface area (Å²) >= 11 is 0. The van der Waals surface area contributed by atoms with Crippen molar-refractivity contribution in [3.05, 3.63) is 6.42 Å². The number of hydrogen-bond acceptors (Lipinski definition) is 4. The van der Waals surface area contributed by atoms with E-state index in [-0.39, 0.29) is 23.6 Å². The number of aliphatic hydroxyl groups is 1. The van der Waals surface area contributed by atoms with E-state index in [1.807, 2.05) is 0 Å². The highest BCUT2D eigenvalue weighted by molar-refractivity contribution is 6.48. The smallest absolute Gasteiger partial charge is 0.404 e. The molecule has 4 rings (SSSR count).